The molecule has 3 aromatic rings. The number of pyridine rings is 1. The van der Waals surface area contributed by atoms with Gasteiger partial charge in [0.2, 0.25) is 0 Å². The van der Waals surface area contributed by atoms with Crippen LogP contribution in [0.3, 0.4) is 0 Å². The lowest BCUT2D eigenvalue weighted by molar-refractivity contribution is -0.140. The third-order valence-corrected chi connectivity index (χ3v) is 4.77. The number of halogens is 2. The van der Waals surface area contributed by atoms with Crippen LogP contribution in [0.15, 0.2) is 60.9 Å². The Kier molecular flexibility index (Phi) is 5.37. The molecule has 0 spiro atoms. The molecule has 1 aliphatic rings. The number of aromatic nitrogens is 1. The van der Waals surface area contributed by atoms with Gasteiger partial charge in [0.1, 0.15) is 11.5 Å². The molecule has 0 aliphatic carbocycles. The van der Waals surface area contributed by atoms with Crippen molar-refractivity contribution in [3.05, 3.63) is 87.7 Å². The minimum Gasteiger partial charge on any atom is -0.446 e. The third-order valence-electron chi connectivity index (χ3n) is 4.30. The van der Waals surface area contributed by atoms with Crippen LogP contribution in [0.2, 0.25) is 10.0 Å². The highest BCUT2D eigenvalue weighted by Crippen LogP contribution is 2.34. The number of nitrogens with zero attached hydrogens (tertiary/aromatic N) is 1. The van der Waals surface area contributed by atoms with E-state index >= 15 is 0 Å². The van der Waals surface area contributed by atoms with Crippen LogP contribution in [0, 0.1) is 0 Å². The number of fused-ring (bicyclic) bond motifs is 2. The van der Waals surface area contributed by atoms with Crippen molar-refractivity contribution in [1.82, 2.24) is 10.3 Å². The smallest absolute Gasteiger partial charge is 0.321 e. The van der Waals surface area contributed by atoms with Gasteiger partial charge in [0.25, 0.3) is 0 Å². The summed E-state index contributed by atoms with van der Waals surface area (Å²) >= 11 is 12.3. The van der Waals surface area contributed by atoms with Gasteiger partial charge in [-0.15, -0.1) is 0 Å². The predicted octanol–water partition coefficient (Wildman–Crippen LogP) is 4.39. The van der Waals surface area contributed by atoms with Crippen LogP contribution in [0.25, 0.3) is 0 Å². The van der Waals surface area contributed by atoms with Crippen LogP contribution in [0.1, 0.15) is 16.7 Å². The summed E-state index contributed by atoms with van der Waals surface area (Å²) in [5.41, 5.74) is 2.58. The van der Waals surface area contributed by atoms with E-state index in [0.29, 0.717) is 34.5 Å². The van der Waals surface area contributed by atoms with Crippen molar-refractivity contribution in [3.63, 3.8) is 0 Å². The van der Waals surface area contributed by atoms with Gasteiger partial charge >= 0.3 is 12.2 Å². The molecule has 142 valence electrons. The number of hydrogen-bond donors (Lipinski definition) is 1. The largest absolute Gasteiger partial charge is 0.446 e. The Labute approximate surface area is 172 Å². The van der Waals surface area contributed by atoms with Gasteiger partial charge < -0.3 is 14.8 Å². The van der Waals surface area contributed by atoms with Crippen molar-refractivity contribution in [2.24, 2.45) is 0 Å². The van der Waals surface area contributed by atoms with Crippen molar-refractivity contribution >= 4 is 29.1 Å². The first-order valence-electron chi connectivity index (χ1n) is 8.65. The molecular weight excluding hydrogens is 399 g/mol. The Morgan fingerprint density at radius 1 is 1.04 bits per heavy atom. The molecule has 0 fully saturated rings. The summed E-state index contributed by atoms with van der Waals surface area (Å²) in [6.45, 7) is 0.316. The van der Waals surface area contributed by atoms with Crippen molar-refractivity contribution in [2.75, 3.05) is 0 Å². The van der Waals surface area contributed by atoms with Crippen LogP contribution in [0.5, 0.6) is 11.5 Å². The molecule has 0 radical (unpaired) electrons. The van der Waals surface area contributed by atoms with Gasteiger partial charge in [0.05, 0.1) is 0 Å². The minimum atomic E-state index is -1.16. The first-order chi connectivity index (χ1) is 13.6. The Morgan fingerprint density at radius 2 is 1.68 bits per heavy atom. The van der Waals surface area contributed by atoms with E-state index in [1.807, 2.05) is 24.3 Å². The second-order valence-electron chi connectivity index (χ2n) is 6.33. The van der Waals surface area contributed by atoms with Crippen LogP contribution in [-0.4, -0.2) is 17.2 Å². The average Bonchev–Trinajstić information content (AvgIpc) is 2.68. The summed E-state index contributed by atoms with van der Waals surface area (Å²) in [5, 5.41) is 4.00. The second-order valence-corrected chi connectivity index (χ2v) is 7.20. The molecule has 0 bridgehead atoms. The summed E-state index contributed by atoms with van der Waals surface area (Å²) in [4.78, 5) is 16.8. The Bertz CT molecular complexity index is 958. The van der Waals surface area contributed by atoms with Crippen molar-refractivity contribution in [2.45, 2.75) is 19.3 Å². The summed E-state index contributed by atoms with van der Waals surface area (Å²) in [6, 6.07) is 14.2. The first kappa shape index (κ1) is 18.6. The molecule has 28 heavy (non-hydrogen) atoms. The highest BCUT2D eigenvalue weighted by atomic mass is 35.5. The molecule has 1 aliphatic heterocycles. The maximum absolute atomic E-state index is 12.8. The van der Waals surface area contributed by atoms with E-state index in [2.05, 4.69) is 10.3 Å². The first-order valence-corrected chi connectivity index (χ1v) is 9.41. The molecule has 0 saturated carbocycles. The highest BCUT2D eigenvalue weighted by Gasteiger charge is 2.27. The van der Waals surface area contributed by atoms with Gasteiger partial charge in [-0.1, -0.05) is 29.3 Å². The SMILES string of the molecule is O=C(NCc1cccnc1)C1Oc2ccc(Cl)cc2Cc2cc(Cl)ccc2O1. The monoisotopic (exact) mass is 414 g/mol. The molecule has 2 aromatic carbocycles. The molecule has 0 unspecified atom stereocenters. The van der Waals surface area contributed by atoms with E-state index in [0.717, 1.165) is 16.7 Å². The number of carbonyl (C=O) groups is 1. The quantitative estimate of drug-likeness (QED) is 0.689. The molecule has 1 aromatic heterocycles. The van der Waals surface area contributed by atoms with Gasteiger partial charge in [-0.2, -0.15) is 0 Å². The fourth-order valence-electron chi connectivity index (χ4n) is 2.94. The molecule has 5 nitrogen and oxygen atoms in total. The fraction of sp³-hybridized carbons (Fsp3) is 0.143. The molecule has 0 atom stereocenters. The van der Waals surface area contributed by atoms with Gasteiger partial charge in [-0.25, -0.2) is 0 Å². The number of carbonyl (C=O) groups excluding carboxylic acids is 1. The van der Waals surface area contributed by atoms with Gasteiger partial charge in [0.15, 0.2) is 0 Å². The van der Waals surface area contributed by atoms with Gasteiger partial charge in [0, 0.05) is 46.5 Å². The van der Waals surface area contributed by atoms with E-state index in [-0.39, 0.29) is 0 Å². The maximum Gasteiger partial charge on any atom is 0.321 e. The number of ether oxygens (including phenoxy) is 2. The Hall–Kier alpha value is -2.76. The van der Waals surface area contributed by atoms with E-state index in [1.54, 1.807) is 36.7 Å². The highest BCUT2D eigenvalue weighted by molar-refractivity contribution is 6.31. The fourth-order valence-corrected chi connectivity index (χ4v) is 3.33. The number of hydrogen-bond acceptors (Lipinski definition) is 4. The van der Waals surface area contributed by atoms with Crippen molar-refractivity contribution in [1.29, 1.82) is 0 Å². The number of rotatable bonds is 3. The van der Waals surface area contributed by atoms with Crippen LogP contribution >= 0.6 is 23.2 Å². The summed E-state index contributed by atoms with van der Waals surface area (Å²) in [7, 11) is 0. The third kappa shape index (κ3) is 4.21. The molecule has 1 N–H and O–H groups in total. The summed E-state index contributed by atoms with van der Waals surface area (Å²) < 4.78 is 11.8. The Balaban J connectivity index is 1.62. The van der Waals surface area contributed by atoms with E-state index in [1.165, 1.54) is 0 Å². The van der Waals surface area contributed by atoms with Crippen LogP contribution in [-0.2, 0) is 17.8 Å². The standard InChI is InChI=1S/C21H16Cl2N2O3/c22-16-3-5-18-14(9-16)8-15-10-17(23)4-6-19(15)28-21(27-18)20(26)25-12-13-2-1-7-24-11-13/h1-7,9-11,21H,8,12H2,(H,25,26). The van der Waals surface area contributed by atoms with E-state index < -0.39 is 12.2 Å². The van der Waals surface area contributed by atoms with Crippen molar-refractivity contribution in [3.8, 4) is 11.5 Å². The normalized spacial score (nSPS) is 13.2. The molecule has 0 saturated heterocycles. The molecule has 1 amide bonds. The second kappa shape index (κ2) is 8.09. The lowest BCUT2D eigenvalue weighted by Gasteiger charge is -2.25. The number of benzene rings is 2. The van der Waals surface area contributed by atoms with Crippen LogP contribution in [0.4, 0.5) is 0 Å². The summed E-state index contributed by atoms with van der Waals surface area (Å²) in [5.74, 6) is 0.681. The maximum atomic E-state index is 12.8. The topological polar surface area (TPSA) is 60.5 Å². The summed E-state index contributed by atoms with van der Waals surface area (Å²) in [6.07, 6.45) is 2.73. The van der Waals surface area contributed by atoms with E-state index in [4.69, 9.17) is 32.7 Å². The molecule has 4 rings (SSSR count). The molecule has 2 heterocycles. The zero-order valence-corrected chi connectivity index (χ0v) is 16.2. The molecule has 7 heteroatoms. The average molecular weight is 415 g/mol. The minimum absolute atomic E-state index is 0.316. The Morgan fingerprint density at radius 3 is 2.25 bits per heavy atom. The predicted molar refractivity (Wildman–Crippen MR) is 107 cm³/mol. The van der Waals surface area contributed by atoms with Gasteiger partial charge in [-0.3, -0.25) is 9.78 Å². The van der Waals surface area contributed by atoms with Crippen molar-refractivity contribution < 1.29 is 14.3 Å². The lowest BCUT2D eigenvalue weighted by atomic mass is 10.0. The number of amides is 1. The van der Waals surface area contributed by atoms with Gasteiger partial charge in [-0.05, 0) is 48.0 Å². The lowest BCUT2D eigenvalue weighted by Crippen LogP contribution is -2.42. The zero-order chi connectivity index (χ0) is 19.5. The zero-order valence-electron chi connectivity index (χ0n) is 14.7. The molecular formula is C21H16Cl2N2O3. The van der Waals surface area contributed by atoms with Crippen LogP contribution < -0.4 is 14.8 Å². The number of nitrogens with one attached hydrogen (secondary N) is 1. The van der Waals surface area contributed by atoms with E-state index in [9.17, 15) is 4.79 Å².